The van der Waals surface area contributed by atoms with Crippen LogP contribution in [0.5, 0.6) is 0 Å². The van der Waals surface area contributed by atoms with Crippen molar-refractivity contribution in [2.75, 3.05) is 6.54 Å². The number of allylic oxidation sites excluding steroid dienone is 1. The summed E-state index contributed by atoms with van der Waals surface area (Å²) in [5, 5.41) is 4.92. The number of benzene rings is 1. The summed E-state index contributed by atoms with van der Waals surface area (Å²) in [5.74, 6) is -2.69. The molecule has 14 heteroatoms. The molecule has 1 saturated heterocycles. The molecule has 2 aliphatic heterocycles. The average Bonchev–Trinajstić information content (AvgIpc) is 3.87. The highest BCUT2D eigenvalue weighted by atomic mass is 32.2. The maximum atomic E-state index is 13.8. The van der Waals surface area contributed by atoms with Crippen LogP contribution in [-0.2, 0) is 41.8 Å². The van der Waals surface area contributed by atoms with E-state index in [1.54, 1.807) is 0 Å². The van der Waals surface area contributed by atoms with Crippen molar-refractivity contribution in [3.63, 3.8) is 0 Å². The van der Waals surface area contributed by atoms with E-state index in [2.05, 4.69) is 15.4 Å². The van der Waals surface area contributed by atoms with Gasteiger partial charge in [-0.25, -0.2) is 8.42 Å². The van der Waals surface area contributed by atoms with Gasteiger partial charge in [-0.05, 0) is 69.1 Å². The van der Waals surface area contributed by atoms with Crippen LogP contribution in [-0.4, -0.2) is 66.4 Å². The fraction of sp³-hybridized carbons (Fsp3) is 0.600. The maximum absolute atomic E-state index is 13.8. The number of carbonyl (C=O) groups is 4. The third-order valence-electron chi connectivity index (χ3n) is 8.81. The summed E-state index contributed by atoms with van der Waals surface area (Å²) in [4.78, 5) is 55.0. The van der Waals surface area contributed by atoms with Crippen molar-refractivity contribution >= 4 is 33.7 Å². The van der Waals surface area contributed by atoms with E-state index < -0.39 is 68.3 Å². The summed E-state index contributed by atoms with van der Waals surface area (Å²) >= 11 is 0. The second-order valence-corrected chi connectivity index (χ2v) is 14.2. The molecule has 0 aromatic heterocycles. The lowest BCUT2D eigenvalue weighted by Crippen LogP contribution is -2.58. The van der Waals surface area contributed by atoms with Crippen molar-refractivity contribution in [3.8, 4) is 0 Å². The van der Waals surface area contributed by atoms with E-state index in [0.29, 0.717) is 50.5 Å². The highest BCUT2D eigenvalue weighted by Crippen LogP contribution is 2.46. The summed E-state index contributed by atoms with van der Waals surface area (Å²) < 4.78 is 65.9. The number of alkyl halides is 3. The van der Waals surface area contributed by atoms with Crippen molar-refractivity contribution in [2.45, 2.75) is 99.7 Å². The molecule has 0 spiro atoms. The molecule has 2 aliphatic carbocycles. The summed E-state index contributed by atoms with van der Waals surface area (Å²) in [6.45, 7) is 0.265. The van der Waals surface area contributed by atoms with Crippen molar-refractivity contribution in [1.29, 1.82) is 0 Å². The van der Waals surface area contributed by atoms with Crippen LogP contribution in [0.2, 0.25) is 0 Å². The minimum absolute atomic E-state index is 0.223. The predicted octanol–water partition coefficient (Wildman–Crippen LogP) is 2.73. The first-order valence-corrected chi connectivity index (χ1v) is 16.7. The van der Waals surface area contributed by atoms with Crippen LogP contribution >= 0.6 is 0 Å². The first kappa shape index (κ1) is 32.0. The highest BCUT2D eigenvalue weighted by Gasteiger charge is 2.61. The summed E-state index contributed by atoms with van der Waals surface area (Å²) in [6.07, 6.45) is 4.23. The lowest BCUT2D eigenvalue weighted by atomic mass is 10.0. The van der Waals surface area contributed by atoms with Crippen molar-refractivity contribution in [1.82, 2.24) is 20.3 Å². The second-order valence-electron chi connectivity index (χ2n) is 12.2. The fourth-order valence-corrected chi connectivity index (χ4v) is 7.38. The Morgan fingerprint density at radius 2 is 1.73 bits per heavy atom. The van der Waals surface area contributed by atoms with Crippen molar-refractivity contribution < 1.29 is 40.8 Å². The number of fused-ring (bicyclic) bond motifs is 2. The van der Waals surface area contributed by atoms with Crippen LogP contribution < -0.4 is 15.4 Å². The van der Waals surface area contributed by atoms with Gasteiger partial charge in [0.05, 0.1) is 17.2 Å². The minimum Gasteiger partial charge on any atom is -0.344 e. The quantitative estimate of drug-likeness (QED) is 0.410. The minimum atomic E-state index is -4.50. The van der Waals surface area contributed by atoms with Gasteiger partial charge >= 0.3 is 6.18 Å². The summed E-state index contributed by atoms with van der Waals surface area (Å²) in [6, 6.07) is 2.40. The number of hydrogen-bond donors (Lipinski definition) is 3. The number of amides is 4. The topological polar surface area (TPSA) is 142 Å². The van der Waals surface area contributed by atoms with Gasteiger partial charge in [-0.3, -0.25) is 23.9 Å². The molecule has 44 heavy (non-hydrogen) atoms. The molecule has 2 saturated carbocycles. The molecule has 240 valence electrons. The van der Waals surface area contributed by atoms with Gasteiger partial charge in [0.15, 0.2) is 0 Å². The summed E-state index contributed by atoms with van der Waals surface area (Å²) in [7, 11) is -3.84. The first-order valence-electron chi connectivity index (χ1n) is 15.1. The van der Waals surface area contributed by atoms with Crippen molar-refractivity contribution in [2.24, 2.45) is 5.92 Å². The Balaban J connectivity index is 1.30. The molecule has 3 N–H and O–H groups in total. The molecular weight excluding hydrogens is 601 g/mol. The van der Waals surface area contributed by atoms with E-state index in [1.807, 2.05) is 12.2 Å². The zero-order chi connectivity index (χ0) is 31.7. The number of sulfonamides is 1. The molecule has 10 nitrogen and oxygen atoms in total. The molecular formula is C30H37F3N4O6S. The molecule has 5 rings (SSSR count). The normalized spacial score (nSPS) is 28.9. The Morgan fingerprint density at radius 1 is 1.00 bits per heavy atom. The predicted molar refractivity (Wildman–Crippen MR) is 153 cm³/mol. The molecule has 3 fully saturated rings. The number of carbonyl (C=O) groups excluding carboxylic acids is 4. The van der Waals surface area contributed by atoms with Gasteiger partial charge in [0, 0.05) is 12.5 Å². The second kappa shape index (κ2) is 12.5. The van der Waals surface area contributed by atoms with Crippen LogP contribution in [0.15, 0.2) is 36.4 Å². The van der Waals surface area contributed by atoms with E-state index in [-0.39, 0.29) is 25.3 Å². The third kappa shape index (κ3) is 7.27. The van der Waals surface area contributed by atoms with Gasteiger partial charge in [0.25, 0.3) is 5.91 Å². The van der Waals surface area contributed by atoms with E-state index in [4.69, 9.17) is 0 Å². The SMILES string of the molecule is O=C(Cc1ccc(C(F)(F)F)cc1)N[C@H]1CCCCC/C=C\[C@@H]2C[C@@]2(C(=O)NS(=O)(=O)C2CC2)NC(=O)[C@@H]2CCCN2C1=O. The number of halogens is 3. The average molecular weight is 639 g/mol. The molecule has 4 atom stereocenters. The lowest BCUT2D eigenvalue weighted by molar-refractivity contribution is -0.142. The van der Waals surface area contributed by atoms with Gasteiger partial charge in [0.2, 0.25) is 27.7 Å². The van der Waals surface area contributed by atoms with E-state index in [1.165, 1.54) is 17.0 Å². The Morgan fingerprint density at radius 3 is 2.41 bits per heavy atom. The molecule has 0 unspecified atom stereocenters. The van der Waals surface area contributed by atoms with Crippen molar-refractivity contribution in [3.05, 3.63) is 47.5 Å². The summed E-state index contributed by atoms with van der Waals surface area (Å²) in [5.41, 5.74) is -1.90. The van der Waals surface area contributed by atoms with E-state index in [9.17, 15) is 40.8 Å². The Bertz CT molecular complexity index is 1430. The molecule has 1 aromatic rings. The zero-order valence-electron chi connectivity index (χ0n) is 24.2. The Hall–Kier alpha value is -3.42. The largest absolute Gasteiger partial charge is 0.416 e. The van der Waals surface area contributed by atoms with E-state index >= 15 is 0 Å². The van der Waals surface area contributed by atoms with Crippen LogP contribution in [0.3, 0.4) is 0 Å². The number of nitrogens with zero attached hydrogens (tertiary/aromatic N) is 1. The van der Waals surface area contributed by atoms with Gasteiger partial charge in [-0.1, -0.05) is 37.1 Å². The smallest absolute Gasteiger partial charge is 0.344 e. The standard InChI is InChI=1S/C30H37F3N4O6S/c31-30(32,33)20-12-10-19(11-13-20)17-25(38)34-23-8-5-3-1-2-4-7-21-18-29(21,28(41)36-44(42,43)22-14-15-22)35-26(39)24-9-6-16-37(24)27(23)40/h4,7,10-13,21-24H,1-3,5-6,8-9,14-18H2,(H,34,38)(H,35,39)(H,36,41)/b7-4-/t21-,23+,24+,29-/m1/s1. The third-order valence-corrected chi connectivity index (χ3v) is 10.6. The molecule has 4 aliphatic rings. The van der Waals surface area contributed by atoms with Gasteiger partial charge in [-0.2, -0.15) is 13.2 Å². The van der Waals surface area contributed by atoms with Crippen LogP contribution in [0.25, 0.3) is 0 Å². The lowest BCUT2D eigenvalue weighted by Gasteiger charge is -2.30. The molecule has 2 heterocycles. The van der Waals surface area contributed by atoms with E-state index in [0.717, 1.165) is 25.0 Å². The fourth-order valence-electron chi connectivity index (χ4n) is 6.02. The monoisotopic (exact) mass is 638 g/mol. The Kier molecular flexibility index (Phi) is 9.11. The van der Waals surface area contributed by atoms with Crippen LogP contribution in [0, 0.1) is 5.92 Å². The van der Waals surface area contributed by atoms with Gasteiger partial charge < -0.3 is 15.5 Å². The molecule has 0 radical (unpaired) electrons. The molecule has 1 aromatic carbocycles. The number of nitrogens with one attached hydrogen (secondary N) is 3. The van der Waals surface area contributed by atoms with Crippen LogP contribution in [0.1, 0.15) is 75.3 Å². The van der Waals surface area contributed by atoms with Crippen LogP contribution in [0.4, 0.5) is 13.2 Å². The number of hydrogen-bond acceptors (Lipinski definition) is 6. The highest BCUT2D eigenvalue weighted by molar-refractivity contribution is 7.91. The first-order chi connectivity index (χ1) is 20.8. The van der Waals surface area contributed by atoms with Gasteiger partial charge in [0.1, 0.15) is 17.6 Å². The molecule has 0 bridgehead atoms. The molecule has 4 amide bonds. The number of rotatable bonds is 6. The van der Waals surface area contributed by atoms with Gasteiger partial charge in [-0.15, -0.1) is 0 Å². The maximum Gasteiger partial charge on any atom is 0.416 e. The Labute approximate surface area is 254 Å². The zero-order valence-corrected chi connectivity index (χ0v) is 25.0.